The minimum Gasteiger partial charge on any atom is -0.379 e. The van der Waals surface area contributed by atoms with Crippen molar-refractivity contribution in [2.75, 3.05) is 26.3 Å². The van der Waals surface area contributed by atoms with Gasteiger partial charge in [0.25, 0.3) is 5.91 Å². The molecule has 0 bridgehead atoms. The number of nitrogens with one attached hydrogen (secondary N) is 1. The van der Waals surface area contributed by atoms with Gasteiger partial charge in [0.15, 0.2) is 5.82 Å². The first-order valence-corrected chi connectivity index (χ1v) is 11.3. The molecule has 0 unspecified atom stereocenters. The van der Waals surface area contributed by atoms with Crippen molar-refractivity contribution in [3.63, 3.8) is 0 Å². The van der Waals surface area contributed by atoms with Crippen molar-refractivity contribution in [3.05, 3.63) is 76.9 Å². The molecule has 2 aromatic carbocycles. The van der Waals surface area contributed by atoms with E-state index in [1.807, 2.05) is 36.4 Å². The highest BCUT2D eigenvalue weighted by Crippen LogP contribution is 2.25. The zero-order valence-corrected chi connectivity index (χ0v) is 18.4. The number of amides is 1. The molecule has 0 radical (unpaired) electrons. The van der Waals surface area contributed by atoms with Crippen molar-refractivity contribution >= 4 is 17.7 Å². The van der Waals surface area contributed by atoms with Crippen LogP contribution in [0.5, 0.6) is 0 Å². The van der Waals surface area contributed by atoms with Crippen molar-refractivity contribution in [1.82, 2.24) is 20.4 Å². The Labute approximate surface area is 186 Å². The smallest absolute Gasteiger partial charge is 0.252 e. The summed E-state index contributed by atoms with van der Waals surface area (Å²) in [4.78, 5) is 20.4. The monoisotopic (exact) mass is 438 g/mol. The zero-order chi connectivity index (χ0) is 21.5. The topological polar surface area (TPSA) is 80.5 Å². The maximum absolute atomic E-state index is 12.9. The lowest BCUT2D eigenvalue weighted by atomic mass is 10.1. The Morgan fingerprint density at radius 3 is 2.74 bits per heavy atom. The van der Waals surface area contributed by atoms with Crippen LogP contribution in [0, 0.1) is 6.92 Å². The third-order valence-electron chi connectivity index (χ3n) is 5.01. The summed E-state index contributed by atoms with van der Waals surface area (Å²) in [6.45, 7) is 6.65. The second-order valence-electron chi connectivity index (χ2n) is 7.41. The van der Waals surface area contributed by atoms with Crippen LogP contribution < -0.4 is 5.32 Å². The van der Waals surface area contributed by atoms with Crippen LogP contribution in [-0.4, -0.2) is 47.3 Å². The highest BCUT2D eigenvalue weighted by molar-refractivity contribution is 7.98. The Kier molecular flexibility index (Phi) is 7.35. The highest BCUT2D eigenvalue weighted by atomic mass is 32.2. The maximum atomic E-state index is 12.9. The fraction of sp³-hybridized carbons (Fsp3) is 0.348. The van der Waals surface area contributed by atoms with Gasteiger partial charge in [-0.3, -0.25) is 9.69 Å². The minimum absolute atomic E-state index is 0.0917. The van der Waals surface area contributed by atoms with Gasteiger partial charge in [-0.05, 0) is 23.3 Å². The molecule has 31 heavy (non-hydrogen) atoms. The summed E-state index contributed by atoms with van der Waals surface area (Å²) in [5, 5.41) is 6.97. The van der Waals surface area contributed by atoms with Crippen molar-refractivity contribution in [1.29, 1.82) is 0 Å². The number of nitrogens with zero attached hydrogens (tertiary/aromatic N) is 3. The molecule has 0 saturated carbocycles. The number of hydrogen-bond donors (Lipinski definition) is 1. The molecule has 3 aromatic rings. The highest BCUT2D eigenvalue weighted by Gasteiger charge is 2.14. The molecule has 1 fully saturated rings. The van der Waals surface area contributed by atoms with E-state index < -0.39 is 0 Å². The SMILES string of the molecule is Cc1nc(CSc2ccccc2C(=O)NCc2cccc(CN3CCOCC3)c2)no1. The van der Waals surface area contributed by atoms with E-state index in [-0.39, 0.29) is 5.91 Å². The summed E-state index contributed by atoms with van der Waals surface area (Å²) in [5.74, 6) is 1.61. The average molecular weight is 439 g/mol. The standard InChI is InChI=1S/C23H26N4O3S/c1-17-25-22(26-30-17)16-31-21-8-3-2-7-20(21)23(28)24-14-18-5-4-6-19(13-18)15-27-9-11-29-12-10-27/h2-8,13H,9-12,14-16H2,1H3,(H,24,28). The van der Waals surface area contributed by atoms with E-state index in [9.17, 15) is 4.79 Å². The molecule has 1 saturated heterocycles. The molecule has 2 heterocycles. The molecule has 162 valence electrons. The fourth-order valence-corrected chi connectivity index (χ4v) is 4.35. The lowest BCUT2D eigenvalue weighted by molar-refractivity contribution is 0.0342. The Hall–Kier alpha value is -2.68. The number of carbonyl (C=O) groups excluding carboxylic acids is 1. The number of hydrogen-bond acceptors (Lipinski definition) is 7. The summed E-state index contributed by atoms with van der Waals surface area (Å²) in [6, 6.07) is 16.0. The van der Waals surface area contributed by atoms with Gasteiger partial charge in [0, 0.05) is 38.0 Å². The molecule has 4 rings (SSSR count). The van der Waals surface area contributed by atoms with Gasteiger partial charge in [-0.15, -0.1) is 11.8 Å². The minimum atomic E-state index is -0.0917. The summed E-state index contributed by atoms with van der Waals surface area (Å²) in [7, 11) is 0. The molecule has 8 heteroatoms. The average Bonchev–Trinajstić information content (AvgIpc) is 3.22. The summed E-state index contributed by atoms with van der Waals surface area (Å²) >= 11 is 1.52. The van der Waals surface area contributed by atoms with Crippen LogP contribution in [0.1, 0.15) is 33.2 Å². The Bertz CT molecular complexity index is 1020. The van der Waals surface area contributed by atoms with Crippen molar-refractivity contribution in [2.45, 2.75) is 30.7 Å². The fourth-order valence-electron chi connectivity index (χ4n) is 3.46. The van der Waals surface area contributed by atoms with Crippen LogP contribution in [0.25, 0.3) is 0 Å². The predicted molar refractivity (Wildman–Crippen MR) is 119 cm³/mol. The lowest BCUT2D eigenvalue weighted by Crippen LogP contribution is -2.35. The molecule has 1 aliphatic rings. The van der Waals surface area contributed by atoms with E-state index in [4.69, 9.17) is 9.26 Å². The quantitative estimate of drug-likeness (QED) is 0.540. The first kappa shape index (κ1) is 21.5. The van der Waals surface area contributed by atoms with E-state index in [0.717, 1.165) is 43.3 Å². The first-order chi connectivity index (χ1) is 15.2. The Morgan fingerprint density at radius 2 is 1.94 bits per heavy atom. The molecular formula is C23H26N4O3S. The number of thioether (sulfide) groups is 1. The number of rotatable bonds is 8. The Balaban J connectivity index is 1.35. The number of aryl methyl sites for hydroxylation is 1. The van der Waals surface area contributed by atoms with Gasteiger partial charge in [-0.25, -0.2) is 0 Å². The molecule has 0 aliphatic carbocycles. The molecule has 1 amide bonds. The van der Waals surface area contributed by atoms with Crippen LogP contribution in [0.4, 0.5) is 0 Å². The van der Waals surface area contributed by atoms with Gasteiger partial charge >= 0.3 is 0 Å². The zero-order valence-electron chi connectivity index (χ0n) is 17.5. The van der Waals surface area contributed by atoms with Crippen LogP contribution in [-0.2, 0) is 23.6 Å². The van der Waals surface area contributed by atoms with Gasteiger partial charge in [-0.2, -0.15) is 4.98 Å². The predicted octanol–water partition coefficient (Wildman–Crippen LogP) is 3.43. The molecule has 7 nitrogen and oxygen atoms in total. The number of aromatic nitrogens is 2. The van der Waals surface area contributed by atoms with Crippen LogP contribution in [0.2, 0.25) is 0 Å². The second kappa shape index (κ2) is 10.6. The first-order valence-electron chi connectivity index (χ1n) is 10.3. The second-order valence-corrected chi connectivity index (χ2v) is 8.42. The molecular weight excluding hydrogens is 412 g/mol. The molecule has 0 spiro atoms. The summed E-state index contributed by atoms with van der Waals surface area (Å²) in [5.41, 5.74) is 2.99. The van der Waals surface area contributed by atoms with Crippen molar-refractivity contribution in [2.24, 2.45) is 0 Å². The van der Waals surface area contributed by atoms with Crippen LogP contribution in [0.3, 0.4) is 0 Å². The van der Waals surface area contributed by atoms with E-state index in [1.54, 1.807) is 6.92 Å². The molecule has 0 atom stereocenters. The number of ether oxygens (including phenoxy) is 1. The normalized spacial score (nSPS) is 14.5. The van der Waals surface area contributed by atoms with E-state index in [2.05, 4.69) is 32.5 Å². The third kappa shape index (κ3) is 6.16. The summed E-state index contributed by atoms with van der Waals surface area (Å²) in [6.07, 6.45) is 0. The van der Waals surface area contributed by atoms with Crippen molar-refractivity contribution in [3.8, 4) is 0 Å². The third-order valence-corrected chi connectivity index (χ3v) is 6.08. The van der Waals surface area contributed by atoms with E-state index >= 15 is 0 Å². The van der Waals surface area contributed by atoms with Gasteiger partial charge in [-0.1, -0.05) is 41.6 Å². The molecule has 1 aromatic heterocycles. The lowest BCUT2D eigenvalue weighted by Gasteiger charge is -2.26. The largest absolute Gasteiger partial charge is 0.379 e. The van der Waals surface area contributed by atoms with Gasteiger partial charge in [0.05, 0.1) is 24.5 Å². The molecule has 1 aliphatic heterocycles. The molecule has 1 N–H and O–H groups in total. The number of carbonyl (C=O) groups is 1. The van der Waals surface area contributed by atoms with Gasteiger partial charge in [0.1, 0.15) is 0 Å². The number of benzene rings is 2. The van der Waals surface area contributed by atoms with Gasteiger partial charge in [0.2, 0.25) is 5.89 Å². The maximum Gasteiger partial charge on any atom is 0.252 e. The van der Waals surface area contributed by atoms with E-state index in [1.165, 1.54) is 17.3 Å². The van der Waals surface area contributed by atoms with Gasteiger partial charge < -0.3 is 14.6 Å². The van der Waals surface area contributed by atoms with Crippen molar-refractivity contribution < 1.29 is 14.1 Å². The van der Waals surface area contributed by atoms with Crippen LogP contribution in [0.15, 0.2) is 57.9 Å². The Morgan fingerprint density at radius 1 is 1.13 bits per heavy atom. The van der Waals surface area contributed by atoms with E-state index in [0.29, 0.717) is 29.6 Å². The summed E-state index contributed by atoms with van der Waals surface area (Å²) < 4.78 is 10.4. The number of morpholine rings is 1. The van der Waals surface area contributed by atoms with Crippen LogP contribution >= 0.6 is 11.8 Å².